The van der Waals surface area contributed by atoms with Crippen LogP contribution in [-0.4, -0.2) is 23.8 Å². The van der Waals surface area contributed by atoms with Crippen LogP contribution in [0.2, 0.25) is 0 Å². The zero-order chi connectivity index (χ0) is 11.2. The Balaban J connectivity index is 1.79. The van der Waals surface area contributed by atoms with Gasteiger partial charge in [0.1, 0.15) is 11.0 Å². The summed E-state index contributed by atoms with van der Waals surface area (Å²) in [4.78, 5) is 0.858. The summed E-state index contributed by atoms with van der Waals surface area (Å²) in [6.07, 6.45) is 2.36. The number of rotatable bonds is 4. The molecule has 1 heterocycles. The molecule has 0 saturated carbocycles. The van der Waals surface area contributed by atoms with Gasteiger partial charge in [-0.1, -0.05) is 18.2 Å². The first-order valence-electron chi connectivity index (χ1n) is 5.77. The summed E-state index contributed by atoms with van der Waals surface area (Å²) >= 11 is 0. The van der Waals surface area contributed by atoms with Gasteiger partial charge in [-0.2, -0.15) is 0 Å². The fourth-order valence-electron chi connectivity index (χ4n) is 1.91. The minimum Gasteiger partial charge on any atom is -0.317 e. The number of hydrogen-bond donors (Lipinski definition) is 2. The SMILES string of the molecule is O=S(NCC1CCNCC1)c1ccccc1. The molecule has 1 unspecified atom stereocenters. The molecule has 1 aromatic rings. The van der Waals surface area contributed by atoms with E-state index in [2.05, 4.69) is 10.0 Å². The van der Waals surface area contributed by atoms with Crippen LogP contribution < -0.4 is 10.0 Å². The molecule has 16 heavy (non-hydrogen) atoms. The summed E-state index contributed by atoms with van der Waals surface area (Å²) in [7, 11) is -1.06. The average Bonchev–Trinajstić information content (AvgIpc) is 2.38. The summed E-state index contributed by atoms with van der Waals surface area (Å²) in [6, 6.07) is 9.56. The molecule has 2 N–H and O–H groups in total. The van der Waals surface area contributed by atoms with Crippen LogP contribution in [0.4, 0.5) is 0 Å². The molecule has 1 atom stereocenters. The molecule has 0 amide bonds. The second-order valence-corrected chi connectivity index (χ2v) is 5.42. The van der Waals surface area contributed by atoms with Crippen LogP contribution in [0.3, 0.4) is 0 Å². The Bertz CT molecular complexity index is 336. The van der Waals surface area contributed by atoms with Crippen molar-refractivity contribution in [2.45, 2.75) is 17.7 Å². The van der Waals surface area contributed by atoms with Gasteiger partial charge in [-0.15, -0.1) is 0 Å². The maximum atomic E-state index is 11.9. The van der Waals surface area contributed by atoms with Crippen molar-refractivity contribution in [2.75, 3.05) is 19.6 Å². The normalized spacial score (nSPS) is 19.5. The predicted octanol–water partition coefficient (Wildman–Crippen LogP) is 1.30. The van der Waals surface area contributed by atoms with E-state index < -0.39 is 11.0 Å². The third-order valence-electron chi connectivity index (χ3n) is 2.92. The maximum absolute atomic E-state index is 11.9. The molecule has 1 saturated heterocycles. The zero-order valence-corrected chi connectivity index (χ0v) is 10.1. The zero-order valence-electron chi connectivity index (χ0n) is 9.32. The van der Waals surface area contributed by atoms with Gasteiger partial charge in [-0.3, -0.25) is 0 Å². The highest BCUT2D eigenvalue weighted by Crippen LogP contribution is 2.11. The van der Waals surface area contributed by atoms with Gasteiger partial charge in [0, 0.05) is 6.54 Å². The number of piperidine rings is 1. The van der Waals surface area contributed by atoms with E-state index in [9.17, 15) is 4.21 Å². The van der Waals surface area contributed by atoms with Crippen LogP contribution in [0.5, 0.6) is 0 Å². The van der Waals surface area contributed by atoms with E-state index in [1.807, 2.05) is 30.3 Å². The van der Waals surface area contributed by atoms with Gasteiger partial charge < -0.3 is 5.32 Å². The fourth-order valence-corrected chi connectivity index (χ4v) is 2.86. The fraction of sp³-hybridized carbons (Fsp3) is 0.500. The van der Waals surface area contributed by atoms with E-state index >= 15 is 0 Å². The number of nitrogens with one attached hydrogen (secondary N) is 2. The molecule has 1 aliphatic heterocycles. The van der Waals surface area contributed by atoms with E-state index in [4.69, 9.17) is 0 Å². The molecule has 0 radical (unpaired) electrons. The van der Waals surface area contributed by atoms with Crippen molar-refractivity contribution in [3.63, 3.8) is 0 Å². The Morgan fingerprint density at radius 2 is 1.94 bits per heavy atom. The lowest BCUT2D eigenvalue weighted by Gasteiger charge is -2.22. The lowest BCUT2D eigenvalue weighted by Crippen LogP contribution is -2.34. The van der Waals surface area contributed by atoms with Crippen LogP contribution in [-0.2, 0) is 11.0 Å². The van der Waals surface area contributed by atoms with Crippen LogP contribution in [0.1, 0.15) is 12.8 Å². The van der Waals surface area contributed by atoms with E-state index in [1.165, 1.54) is 12.8 Å². The highest BCUT2D eigenvalue weighted by Gasteiger charge is 2.13. The lowest BCUT2D eigenvalue weighted by atomic mass is 9.99. The minimum absolute atomic E-state index is 0.661. The van der Waals surface area contributed by atoms with Crippen molar-refractivity contribution < 1.29 is 4.21 Å². The molecule has 2 rings (SSSR count). The Labute approximate surface area is 99.2 Å². The monoisotopic (exact) mass is 238 g/mol. The van der Waals surface area contributed by atoms with Gasteiger partial charge in [-0.05, 0) is 44.0 Å². The largest absolute Gasteiger partial charge is 0.317 e. The quantitative estimate of drug-likeness (QED) is 0.830. The molecule has 1 aliphatic rings. The first-order chi connectivity index (χ1) is 7.86. The topological polar surface area (TPSA) is 41.1 Å². The summed E-state index contributed by atoms with van der Waals surface area (Å²) < 4.78 is 15.0. The summed E-state index contributed by atoms with van der Waals surface area (Å²) in [6.45, 7) is 3.03. The van der Waals surface area contributed by atoms with Crippen molar-refractivity contribution in [3.8, 4) is 0 Å². The van der Waals surface area contributed by atoms with E-state index in [0.29, 0.717) is 5.92 Å². The molecule has 1 fully saturated rings. The third-order valence-corrected chi connectivity index (χ3v) is 4.05. The Morgan fingerprint density at radius 3 is 2.62 bits per heavy atom. The molecule has 0 bridgehead atoms. The van der Waals surface area contributed by atoms with E-state index in [-0.39, 0.29) is 0 Å². The lowest BCUT2D eigenvalue weighted by molar-refractivity contribution is 0.374. The second kappa shape index (κ2) is 6.13. The molecular weight excluding hydrogens is 220 g/mol. The second-order valence-electron chi connectivity index (χ2n) is 4.12. The van der Waals surface area contributed by atoms with Crippen molar-refractivity contribution in [3.05, 3.63) is 30.3 Å². The Kier molecular flexibility index (Phi) is 4.51. The highest BCUT2D eigenvalue weighted by atomic mass is 32.2. The molecule has 3 nitrogen and oxygen atoms in total. The van der Waals surface area contributed by atoms with Crippen molar-refractivity contribution in [1.82, 2.24) is 10.0 Å². The summed E-state index contributed by atoms with van der Waals surface area (Å²) in [5.74, 6) is 0.661. The van der Waals surface area contributed by atoms with E-state index in [1.54, 1.807) is 0 Å². The van der Waals surface area contributed by atoms with Crippen LogP contribution in [0, 0.1) is 5.92 Å². The van der Waals surface area contributed by atoms with Crippen molar-refractivity contribution in [1.29, 1.82) is 0 Å². The highest BCUT2D eigenvalue weighted by molar-refractivity contribution is 7.83. The van der Waals surface area contributed by atoms with Gasteiger partial charge in [0.2, 0.25) is 0 Å². The van der Waals surface area contributed by atoms with E-state index in [0.717, 1.165) is 24.5 Å². The molecule has 0 spiro atoms. The average molecular weight is 238 g/mol. The van der Waals surface area contributed by atoms with Gasteiger partial charge >= 0.3 is 0 Å². The smallest absolute Gasteiger partial charge is 0.124 e. The Morgan fingerprint density at radius 1 is 1.25 bits per heavy atom. The number of benzene rings is 1. The molecule has 4 heteroatoms. The number of hydrogen-bond acceptors (Lipinski definition) is 2. The van der Waals surface area contributed by atoms with Crippen molar-refractivity contribution in [2.24, 2.45) is 5.92 Å². The van der Waals surface area contributed by atoms with Gasteiger partial charge in [0.05, 0.1) is 4.90 Å². The molecule has 1 aromatic carbocycles. The first-order valence-corrected chi connectivity index (χ1v) is 6.92. The molecule has 0 aliphatic carbocycles. The van der Waals surface area contributed by atoms with Gasteiger partial charge in [-0.25, -0.2) is 8.93 Å². The molecule has 88 valence electrons. The van der Waals surface area contributed by atoms with Crippen LogP contribution in [0.25, 0.3) is 0 Å². The minimum atomic E-state index is -1.06. The Hall–Kier alpha value is -0.710. The van der Waals surface area contributed by atoms with Gasteiger partial charge in [0.15, 0.2) is 0 Å². The summed E-state index contributed by atoms with van der Waals surface area (Å²) in [5.41, 5.74) is 0. The van der Waals surface area contributed by atoms with Gasteiger partial charge in [0.25, 0.3) is 0 Å². The van der Waals surface area contributed by atoms with Crippen LogP contribution >= 0.6 is 0 Å². The van der Waals surface area contributed by atoms with Crippen LogP contribution in [0.15, 0.2) is 35.2 Å². The third kappa shape index (κ3) is 3.40. The summed E-state index contributed by atoms with van der Waals surface area (Å²) in [5, 5.41) is 3.33. The standard InChI is InChI=1S/C12H18N2OS/c15-16(12-4-2-1-3-5-12)14-10-11-6-8-13-9-7-11/h1-5,11,13-14H,6-10H2. The van der Waals surface area contributed by atoms with Crippen molar-refractivity contribution >= 4 is 11.0 Å². The predicted molar refractivity (Wildman–Crippen MR) is 66.4 cm³/mol. The maximum Gasteiger partial charge on any atom is 0.124 e. The first kappa shape index (κ1) is 11.8. The molecular formula is C12H18N2OS. The molecule has 0 aromatic heterocycles.